The highest BCUT2D eigenvalue weighted by molar-refractivity contribution is 7.22. The molecule has 3 aromatic rings. The van der Waals surface area contributed by atoms with Gasteiger partial charge in [0.2, 0.25) is 5.91 Å². The van der Waals surface area contributed by atoms with Crippen LogP contribution in [0, 0.1) is 19.8 Å². The molecule has 1 aliphatic rings. The van der Waals surface area contributed by atoms with Crippen LogP contribution in [0.4, 0.5) is 10.8 Å². The Bertz CT molecular complexity index is 1120. The summed E-state index contributed by atoms with van der Waals surface area (Å²) in [5, 5.41) is 3.72. The molecule has 152 valence electrons. The van der Waals surface area contributed by atoms with Gasteiger partial charge in [-0.15, -0.1) is 0 Å². The highest BCUT2D eigenvalue weighted by Gasteiger charge is 2.21. The van der Waals surface area contributed by atoms with Crippen molar-refractivity contribution in [3.05, 3.63) is 46.0 Å². The van der Waals surface area contributed by atoms with Gasteiger partial charge in [-0.25, -0.2) is 4.98 Å². The van der Waals surface area contributed by atoms with Crippen molar-refractivity contribution in [3.8, 4) is 0 Å². The minimum absolute atomic E-state index is 0.0803. The zero-order valence-electron chi connectivity index (χ0n) is 16.9. The van der Waals surface area contributed by atoms with Crippen LogP contribution in [-0.4, -0.2) is 33.5 Å². The summed E-state index contributed by atoms with van der Waals surface area (Å²) < 4.78 is 1.85. The lowest BCUT2D eigenvalue weighted by atomic mass is 10.0. The van der Waals surface area contributed by atoms with Gasteiger partial charge in [0, 0.05) is 18.8 Å². The number of rotatable bonds is 4. The standard InChI is InChI=1S/C21H25N5O2S/c1-13-6-7-16(15(3)9-13)23-17(27)11-26-12-22-19-18(20(26)28)29-21(24-19)25-8-4-5-14(2)10-25/h6-7,9,12,14H,4-5,8,10-11H2,1-3H3,(H,23,27)/t14-/m1/s1. The summed E-state index contributed by atoms with van der Waals surface area (Å²) >= 11 is 1.37. The number of anilines is 2. The van der Waals surface area contributed by atoms with E-state index in [9.17, 15) is 9.59 Å². The van der Waals surface area contributed by atoms with E-state index in [-0.39, 0.29) is 18.0 Å². The molecular weight excluding hydrogens is 386 g/mol. The second-order valence-corrected chi connectivity index (χ2v) is 8.86. The van der Waals surface area contributed by atoms with Crippen LogP contribution in [0.3, 0.4) is 0 Å². The molecule has 1 aliphatic heterocycles. The van der Waals surface area contributed by atoms with Gasteiger partial charge in [-0.2, -0.15) is 4.98 Å². The maximum Gasteiger partial charge on any atom is 0.273 e. The second kappa shape index (κ2) is 7.94. The molecule has 0 aliphatic carbocycles. The van der Waals surface area contributed by atoms with Crippen molar-refractivity contribution >= 4 is 38.4 Å². The fraction of sp³-hybridized carbons (Fsp3) is 0.429. The van der Waals surface area contributed by atoms with Gasteiger partial charge >= 0.3 is 0 Å². The number of amides is 1. The number of hydrogen-bond acceptors (Lipinski definition) is 6. The lowest BCUT2D eigenvalue weighted by Gasteiger charge is -2.30. The fourth-order valence-electron chi connectivity index (χ4n) is 3.74. The number of aryl methyl sites for hydroxylation is 2. The van der Waals surface area contributed by atoms with Gasteiger partial charge in [0.05, 0.1) is 0 Å². The first-order valence-corrected chi connectivity index (χ1v) is 10.7. The van der Waals surface area contributed by atoms with Gasteiger partial charge < -0.3 is 10.2 Å². The van der Waals surface area contributed by atoms with Crippen LogP contribution >= 0.6 is 11.3 Å². The van der Waals surface area contributed by atoms with Crippen molar-refractivity contribution in [3.63, 3.8) is 0 Å². The number of carbonyl (C=O) groups is 1. The number of aromatic nitrogens is 3. The number of benzene rings is 1. The zero-order chi connectivity index (χ0) is 20.5. The Kier molecular flexibility index (Phi) is 5.36. The normalized spacial score (nSPS) is 16.9. The first kappa shape index (κ1) is 19.6. The number of piperidine rings is 1. The summed E-state index contributed by atoms with van der Waals surface area (Å²) in [5.41, 5.74) is 3.11. The monoisotopic (exact) mass is 411 g/mol. The molecular formula is C21H25N5O2S. The summed E-state index contributed by atoms with van der Waals surface area (Å²) in [6.45, 7) is 8.01. The van der Waals surface area contributed by atoms with Crippen LogP contribution < -0.4 is 15.8 Å². The third-order valence-corrected chi connectivity index (χ3v) is 6.36. The van der Waals surface area contributed by atoms with Crippen LogP contribution in [0.1, 0.15) is 30.9 Å². The van der Waals surface area contributed by atoms with Gasteiger partial charge in [-0.1, -0.05) is 36.0 Å². The number of thiazole rings is 1. The predicted molar refractivity (Wildman–Crippen MR) is 117 cm³/mol. The first-order chi connectivity index (χ1) is 13.9. The van der Waals surface area contributed by atoms with Crippen LogP contribution in [0.15, 0.2) is 29.3 Å². The molecule has 7 nitrogen and oxygen atoms in total. The number of hydrogen-bond donors (Lipinski definition) is 1. The molecule has 1 fully saturated rings. The molecule has 29 heavy (non-hydrogen) atoms. The Morgan fingerprint density at radius 3 is 2.93 bits per heavy atom. The quantitative estimate of drug-likeness (QED) is 0.712. The minimum Gasteiger partial charge on any atom is -0.348 e. The van der Waals surface area contributed by atoms with Crippen molar-refractivity contribution in [1.82, 2.24) is 14.5 Å². The topological polar surface area (TPSA) is 80.1 Å². The van der Waals surface area contributed by atoms with Crippen molar-refractivity contribution < 1.29 is 4.79 Å². The molecule has 0 spiro atoms. The van der Waals surface area contributed by atoms with Crippen LogP contribution in [0.2, 0.25) is 0 Å². The summed E-state index contributed by atoms with van der Waals surface area (Å²) in [5.74, 6) is 0.365. The number of nitrogens with one attached hydrogen (secondary N) is 1. The van der Waals surface area contributed by atoms with Gasteiger partial charge in [0.1, 0.15) is 17.6 Å². The first-order valence-electron chi connectivity index (χ1n) is 9.89. The molecule has 1 N–H and O–H groups in total. The van der Waals surface area contributed by atoms with E-state index in [0.29, 0.717) is 16.3 Å². The Morgan fingerprint density at radius 2 is 2.17 bits per heavy atom. The van der Waals surface area contributed by atoms with Crippen LogP contribution in [0.25, 0.3) is 10.3 Å². The maximum atomic E-state index is 12.9. The van der Waals surface area contributed by atoms with E-state index in [1.54, 1.807) is 0 Å². The average molecular weight is 412 g/mol. The molecule has 4 rings (SSSR count). The Labute approximate surface area is 173 Å². The molecule has 1 atom stereocenters. The van der Waals surface area contributed by atoms with E-state index in [1.165, 1.54) is 28.7 Å². The maximum absolute atomic E-state index is 12.9. The molecule has 3 heterocycles. The molecule has 1 saturated heterocycles. The van der Waals surface area contributed by atoms with Gasteiger partial charge in [-0.3, -0.25) is 14.2 Å². The van der Waals surface area contributed by atoms with Gasteiger partial charge in [0.25, 0.3) is 5.56 Å². The Balaban J connectivity index is 1.54. The van der Waals surface area contributed by atoms with E-state index in [4.69, 9.17) is 0 Å². The number of fused-ring (bicyclic) bond motifs is 1. The SMILES string of the molecule is Cc1ccc(NC(=O)Cn2cnc3nc(N4CCC[C@@H](C)C4)sc3c2=O)c(C)c1. The number of nitrogens with zero attached hydrogens (tertiary/aromatic N) is 4. The third kappa shape index (κ3) is 4.17. The highest BCUT2D eigenvalue weighted by atomic mass is 32.1. The smallest absolute Gasteiger partial charge is 0.273 e. The highest BCUT2D eigenvalue weighted by Crippen LogP contribution is 2.29. The lowest BCUT2D eigenvalue weighted by Crippen LogP contribution is -2.34. The van der Waals surface area contributed by atoms with E-state index in [0.717, 1.165) is 41.5 Å². The lowest BCUT2D eigenvalue weighted by molar-refractivity contribution is -0.116. The summed E-state index contributed by atoms with van der Waals surface area (Å²) in [7, 11) is 0. The van der Waals surface area contributed by atoms with E-state index >= 15 is 0 Å². The van der Waals surface area contributed by atoms with Crippen LogP contribution in [-0.2, 0) is 11.3 Å². The van der Waals surface area contributed by atoms with Crippen LogP contribution in [0.5, 0.6) is 0 Å². The molecule has 0 bridgehead atoms. The van der Waals surface area contributed by atoms with E-state index in [2.05, 4.69) is 27.1 Å². The molecule has 1 amide bonds. The van der Waals surface area contributed by atoms with E-state index < -0.39 is 0 Å². The fourth-order valence-corrected chi connectivity index (χ4v) is 4.75. The van der Waals surface area contributed by atoms with Crippen molar-refractivity contribution in [2.45, 2.75) is 40.2 Å². The predicted octanol–water partition coefficient (Wildman–Crippen LogP) is 3.34. The minimum atomic E-state index is -0.255. The van der Waals surface area contributed by atoms with Gasteiger partial charge in [0.15, 0.2) is 10.8 Å². The summed E-state index contributed by atoms with van der Waals surface area (Å²) in [6, 6.07) is 5.83. The number of carbonyl (C=O) groups excluding carboxylic acids is 1. The second-order valence-electron chi connectivity index (χ2n) is 7.89. The molecule has 0 unspecified atom stereocenters. The van der Waals surface area contributed by atoms with Crippen molar-refractivity contribution in [2.75, 3.05) is 23.3 Å². The Hall–Kier alpha value is -2.74. The zero-order valence-corrected chi connectivity index (χ0v) is 17.8. The molecule has 0 radical (unpaired) electrons. The third-order valence-electron chi connectivity index (χ3n) is 5.27. The average Bonchev–Trinajstić information content (AvgIpc) is 3.12. The Morgan fingerprint density at radius 1 is 1.34 bits per heavy atom. The summed E-state index contributed by atoms with van der Waals surface area (Å²) in [4.78, 5) is 36.5. The molecule has 1 aromatic carbocycles. The van der Waals surface area contributed by atoms with Gasteiger partial charge in [-0.05, 0) is 44.2 Å². The molecule has 0 saturated carbocycles. The molecule has 8 heteroatoms. The summed E-state index contributed by atoms with van der Waals surface area (Å²) in [6.07, 6.45) is 3.77. The van der Waals surface area contributed by atoms with Crippen molar-refractivity contribution in [2.24, 2.45) is 5.92 Å². The largest absolute Gasteiger partial charge is 0.348 e. The van der Waals surface area contributed by atoms with E-state index in [1.807, 2.05) is 32.0 Å². The van der Waals surface area contributed by atoms with Crippen molar-refractivity contribution in [1.29, 1.82) is 0 Å². The molecule has 2 aromatic heterocycles.